The highest BCUT2D eigenvalue weighted by atomic mass is 16.5. The number of carbonyl (C=O) groups is 2. The van der Waals surface area contributed by atoms with Crippen LogP contribution in [-0.4, -0.2) is 18.9 Å². The predicted octanol–water partition coefficient (Wildman–Crippen LogP) is 3.52. The number of ether oxygens (including phenoxy) is 1. The Morgan fingerprint density at radius 1 is 1.00 bits per heavy atom. The van der Waals surface area contributed by atoms with Gasteiger partial charge in [0.05, 0.1) is 12.1 Å². The van der Waals surface area contributed by atoms with Gasteiger partial charge in [0.1, 0.15) is 0 Å². The average molecular weight is 340 g/mol. The molecule has 0 bridgehead atoms. The van der Waals surface area contributed by atoms with E-state index in [0.717, 1.165) is 16.7 Å². The van der Waals surface area contributed by atoms with E-state index < -0.39 is 11.8 Å². The molecule has 2 aromatic rings. The Morgan fingerprint density at radius 3 is 2.40 bits per heavy atom. The van der Waals surface area contributed by atoms with Gasteiger partial charge in [0, 0.05) is 12.8 Å². The van der Waals surface area contributed by atoms with Crippen molar-refractivity contribution >= 4 is 17.5 Å². The normalized spacial score (nSPS) is 13.0. The molecule has 0 fully saturated rings. The second-order valence-electron chi connectivity index (χ2n) is 6.01. The lowest BCUT2D eigenvalue weighted by Gasteiger charge is -2.16. The Labute approximate surface area is 148 Å². The van der Waals surface area contributed by atoms with E-state index in [0.29, 0.717) is 5.69 Å². The van der Waals surface area contributed by atoms with Gasteiger partial charge in [-0.3, -0.25) is 9.59 Å². The summed E-state index contributed by atoms with van der Waals surface area (Å²) in [5.74, 6) is -1.36. The molecule has 0 aliphatic carbocycles. The summed E-state index contributed by atoms with van der Waals surface area (Å²) in [4.78, 5) is 24.3. The number of benzene rings is 2. The first-order valence-electron chi connectivity index (χ1n) is 8.22. The van der Waals surface area contributed by atoms with Gasteiger partial charge in [0.25, 0.3) is 0 Å². The highest BCUT2D eigenvalue weighted by Crippen LogP contribution is 2.20. The van der Waals surface area contributed by atoms with Gasteiger partial charge >= 0.3 is 11.8 Å². The summed E-state index contributed by atoms with van der Waals surface area (Å²) in [5.41, 5.74) is 3.54. The Balaban J connectivity index is 2.01. The van der Waals surface area contributed by atoms with Crippen molar-refractivity contribution in [2.24, 2.45) is 0 Å². The zero-order valence-corrected chi connectivity index (χ0v) is 15.0. The van der Waals surface area contributed by atoms with E-state index in [4.69, 9.17) is 4.74 Å². The third-order valence-electron chi connectivity index (χ3n) is 4.18. The molecule has 0 heterocycles. The molecule has 0 aliphatic heterocycles. The maximum atomic E-state index is 12.2. The van der Waals surface area contributed by atoms with Crippen LogP contribution >= 0.6 is 0 Å². The first kappa shape index (κ1) is 18.7. The lowest BCUT2D eigenvalue weighted by atomic mass is 10.0. The van der Waals surface area contributed by atoms with Crippen molar-refractivity contribution in [2.45, 2.75) is 32.9 Å². The highest BCUT2D eigenvalue weighted by molar-refractivity contribution is 6.39. The van der Waals surface area contributed by atoms with E-state index in [2.05, 4.69) is 10.6 Å². The molecule has 0 radical (unpaired) electrons. The summed E-state index contributed by atoms with van der Waals surface area (Å²) < 4.78 is 5.26. The number of hydrogen-bond donors (Lipinski definition) is 2. The summed E-state index contributed by atoms with van der Waals surface area (Å²) >= 11 is 0. The minimum atomic E-state index is -0.692. The first-order valence-corrected chi connectivity index (χ1v) is 8.22. The van der Waals surface area contributed by atoms with E-state index in [9.17, 15) is 9.59 Å². The first-order chi connectivity index (χ1) is 11.9. The van der Waals surface area contributed by atoms with Gasteiger partial charge in [-0.1, -0.05) is 36.4 Å². The average Bonchev–Trinajstić information content (AvgIpc) is 2.61. The Hall–Kier alpha value is -2.66. The lowest BCUT2D eigenvalue weighted by Crippen LogP contribution is -2.37. The quantitative estimate of drug-likeness (QED) is 0.819. The number of amides is 2. The number of carbonyl (C=O) groups excluding carboxylic acids is 2. The second kappa shape index (κ2) is 8.44. The minimum Gasteiger partial charge on any atom is -0.377 e. The zero-order valence-electron chi connectivity index (χ0n) is 15.0. The van der Waals surface area contributed by atoms with Crippen molar-refractivity contribution in [3.63, 3.8) is 0 Å². The van der Waals surface area contributed by atoms with Gasteiger partial charge in [0.2, 0.25) is 0 Å². The van der Waals surface area contributed by atoms with Crippen LogP contribution in [0.5, 0.6) is 0 Å². The van der Waals surface area contributed by atoms with Crippen molar-refractivity contribution in [1.82, 2.24) is 5.32 Å². The summed E-state index contributed by atoms with van der Waals surface area (Å²) in [6, 6.07) is 14.8. The molecular formula is C20H24N2O3. The molecule has 5 heteroatoms. The minimum absolute atomic E-state index is 0.0910. The fourth-order valence-electron chi connectivity index (χ4n) is 2.61. The summed E-state index contributed by atoms with van der Waals surface area (Å²) in [7, 11) is 1.62. The van der Waals surface area contributed by atoms with Crippen molar-refractivity contribution < 1.29 is 14.3 Å². The third kappa shape index (κ3) is 4.90. The van der Waals surface area contributed by atoms with E-state index in [-0.39, 0.29) is 12.1 Å². The molecule has 25 heavy (non-hydrogen) atoms. The molecule has 2 N–H and O–H groups in total. The summed E-state index contributed by atoms with van der Waals surface area (Å²) in [6.45, 7) is 5.74. The monoisotopic (exact) mass is 340 g/mol. The van der Waals surface area contributed by atoms with Crippen molar-refractivity contribution in [3.05, 3.63) is 65.2 Å². The van der Waals surface area contributed by atoms with E-state index >= 15 is 0 Å². The van der Waals surface area contributed by atoms with E-state index in [1.165, 1.54) is 0 Å². The molecule has 132 valence electrons. The molecule has 5 nitrogen and oxygen atoms in total. The lowest BCUT2D eigenvalue weighted by molar-refractivity contribution is -0.136. The van der Waals surface area contributed by atoms with Crippen LogP contribution in [0.3, 0.4) is 0 Å². The zero-order chi connectivity index (χ0) is 18.4. The van der Waals surface area contributed by atoms with E-state index in [1.807, 2.05) is 57.2 Å². The van der Waals surface area contributed by atoms with Crippen LogP contribution in [0.4, 0.5) is 5.69 Å². The Kier molecular flexibility index (Phi) is 6.31. The molecule has 0 unspecified atom stereocenters. The van der Waals surface area contributed by atoms with Gasteiger partial charge in [-0.2, -0.15) is 0 Å². The van der Waals surface area contributed by atoms with Crippen molar-refractivity contribution in [2.75, 3.05) is 12.4 Å². The van der Waals surface area contributed by atoms with Crippen LogP contribution in [0.15, 0.2) is 48.5 Å². The van der Waals surface area contributed by atoms with Gasteiger partial charge in [-0.15, -0.1) is 0 Å². The predicted molar refractivity (Wildman–Crippen MR) is 98.2 cm³/mol. The molecule has 2 aromatic carbocycles. The van der Waals surface area contributed by atoms with Crippen LogP contribution in [0.2, 0.25) is 0 Å². The fraction of sp³-hybridized carbons (Fsp3) is 0.300. The number of nitrogens with one attached hydrogen (secondary N) is 2. The van der Waals surface area contributed by atoms with E-state index in [1.54, 1.807) is 19.2 Å². The number of anilines is 1. The maximum Gasteiger partial charge on any atom is 0.313 e. The van der Waals surface area contributed by atoms with Gasteiger partial charge in [-0.05, 0) is 49.6 Å². The molecule has 2 atom stereocenters. The van der Waals surface area contributed by atoms with Gasteiger partial charge < -0.3 is 15.4 Å². The molecule has 0 aromatic heterocycles. The largest absolute Gasteiger partial charge is 0.377 e. The summed E-state index contributed by atoms with van der Waals surface area (Å²) in [6.07, 6.45) is -0.0910. The van der Waals surface area contributed by atoms with Crippen LogP contribution in [0.1, 0.15) is 42.7 Å². The summed E-state index contributed by atoms with van der Waals surface area (Å²) in [5, 5.41) is 5.36. The highest BCUT2D eigenvalue weighted by Gasteiger charge is 2.18. The topological polar surface area (TPSA) is 67.4 Å². The molecular weight excluding hydrogens is 316 g/mol. The molecule has 0 saturated heterocycles. The fourth-order valence-corrected chi connectivity index (χ4v) is 2.61. The third-order valence-corrected chi connectivity index (χ3v) is 4.18. The van der Waals surface area contributed by atoms with Crippen LogP contribution in [-0.2, 0) is 14.3 Å². The van der Waals surface area contributed by atoms with Crippen LogP contribution < -0.4 is 10.6 Å². The van der Waals surface area contributed by atoms with Crippen LogP contribution in [0, 0.1) is 6.92 Å². The molecule has 0 aliphatic rings. The molecule has 0 spiro atoms. The SMILES string of the molecule is CO[C@@H](C)c1cccc(NC(=O)C(=O)N[C@@H](C)c2ccccc2C)c1. The maximum absolute atomic E-state index is 12.2. The molecule has 2 amide bonds. The van der Waals surface area contributed by atoms with Crippen molar-refractivity contribution in [1.29, 1.82) is 0 Å². The standard InChI is InChI=1S/C20H24N2O3/c1-13-8-5-6-11-18(13)14(2)21-19(23)20(24)22-17-10-7-9-16(12-17)15(3)25-4/h5-12,14-15H,1-4H3,(H,21,23)(H,22,24)/t14-,15-/m0/s1. The van der Waals surface area contributed by atoms with Crippen LogP contribution in [0.25, 0.3) is 0 Å². The molecule has 0 saturated carbocycles. The number of methoxy groups -OCH3 is 1. The molecule has 2 rings (SSSR count). The van der Waals surface area contributed by atoms with Gasteiger partial charge in [-0.25, -0.2) is 0 Å². The number of rotatable bonds is 5. The van der Waals surface area contributed by atoms with Gasteiger partial charge in [0.15, 0.2) is 0 Å². The number of aryl methyl sites for hydroxylation is 1. The second-order valence-corrected chi connectivity index (χ2v) is 6.01. The van der Waals surface area contributed by atoms with Crippen molar-refractivity contribution in [3.8, 4) is 0 Å². The Morgan fingerprint density at radius 2 is 1.72 bits per heavy atom. The number of hydrogen-bond acceptors (Lipinski definition) is 3. The Bertz CT molecular complexity index is 758. The smallest absolute Gasteiger partial charge is 0.313 e.